The summed E-state index contributed by atoms with van der Waals surface area (Å²) >= 11 is 0. The molecule has 0 fully saturated rings. The van der Waals surface area contributed by atoms with Gasteiger partial charge in [0.15, 0.2) is 0 Å². The fourth-order valence-electron chi connectivity index (χ4n) is 4.15. The number of rotatable bonds is 9. The molecule has 0 bridgehead atoms. The van der Waals surface area contributed by atoms with Crippen LogP contribution in [0, 0.1) is 19.7 Å². The lowest BCUT2D eigenvalue weighted by molar-refractivity contribution is 0.241. The smallest absolute Gasteiger partial charge is 0.123 e. The first kappa shape index (κ1) is 22.0. The van der Waals surface area contributed by atoms with Crippen molar-refractivity contribution in [2.45, 2.75) is 39.9 Å². The number of benzene rings is 3. The second kappa shape index (κ2) is 10.4. The van der Waals surface area contributed by atoms with E-state index in [2.05, 4.69) is 84.1 Å². The van der Waals surface area contributed by atoms with Gasteiger partial charge in [-0.3, -0.25) is 9.58 Å². The lowest BCUT2D eigenvalue weighted by Crippen LogP contribution is -2.27. The number of aromatic nitrogens is 2. The van der Waals surface area contributed by atoms with Crippen LogP contribution in [0.3, 0.4) is 0 Å². The van der Waals surface area contributed by atoms with Crippen LogP contribution in [0.2, 0.25) is 0 Å². The van der Waals surface area contributed by atoms with Crippen LogP contribution in [0.25, 0.3) is 0 Å². The highest BCUT2D eigenvalue weighted by atomic mass is 19.1. The Hall–Kier alpha value is -3.24. The second-order valence-electron chi connectivity index (χ2n) is 8.36. The molecule has 0 saturated carbocycles. The molecule has 0 aliphatic carbocycles. The van der Waals surface area contributed by atoms with Gasteiger partial charge in [0.2, 0.25) is 0 Å². The topological polar surface area (TPSA) is 21.1 Å². The van der Waals surface area contributed by atoms with Crippen molar-refractivity contribution >= 4 is 0 Å². The van der Waals surface area contributed by atoms with Crippen molar-refractivity contribution in [1.82, 2.24) is 14.7 Å². The van der Waals surface area contributed by atoms with E-state index in [4.69, 9.17) is 5.10 Å². The first-order chi connectivity index (χ1) is 15.6. The zero-order valence-corrected chi connectivity index (χ0v) is 18.8. The van der Waals surface area contributed by atoms with Crippen molar-refractivity contribution in [3.63, 3.8) is 0 Å². The van der Waals surface area contributed by atoms with Crippen molar-refractivity contribution in [3.05, 3.63) is 124 Å². The Morgan fingerprint density at radius 2 is 1.31 bits per heavy atom. The van der Waals surface area contributed by atoms with Crippen LogP contribution >= 0.6 is 0 Å². The summed E-state index contributed by atoms with van der Waals surface area (Å²) in [4.78, 5) is 2.47. The van der Waals surface area contributed by atoms with Gasteiger partial charge in [-0.1, -0.05) is 72.8 Å². The molecule has 0 atom stereocenters. The van der Waals surface area contributed by atoms with E-state index < -0.39 is 0 Å². The third kappa shape index (κ3) is 5.71. The molecule has 0 spiro atoms. The third-order valence-corrected chi connectivity index (χ3v) is 5.95. The fraction of sp³-hybridized carbons (Fsp3) is 0.250. The Morgan fingerprint density at radius 3 is 1.88 bits per heavy atom. The lowest BCUT2D eigenvalue weighted by Gasteiger charge is -2.23. The van der Waals surface area contributed by atoms with Crippen LogP contribution in [-0.2, 0) is 26.1 Å². The summed E-state index contributed by atoms with van der Waals surface area (Å²) in [7, 11) is 0. The van der Waals surface area contributed by atoms with E-state index in [1.807, 2.05) is 12.1 Å². The SMILES string of the molecule is Cc1nn(CCN(Cc2ccccc2)Cc2ccccc2)c(C)c1Cc1ccc(F)cc1. The molecule has 0 amide bonds. The van der Waals surface area contributed by atoms with Crippen molar-refractivity contribution in [3.8, 4) is 0 Å². The molecule has 3 nitrogen and oxygen atoms in total. The molecule has 0 radical (unpaired) electrons. The van der Waals surface area contributed by atoms with Crippen molar-refractivity contribution < 1.29 is 4.39 Å². The quantitative estimate of drug-likeness (QED) is 0.330. The van der Waals surface area contributed by atoms with Crippen molar-refractivity contribution in [2.24, 2.45) is 0 Å². The Labute approximate surface area is 190 Å². The summed E-state index contributed by atoms with van der Waals surface area (Å²) < 4.78 is 15.4. The van der Waals surface area contributed by atoms with Crippen LogP contribution in [0.1, 0.15) is 33.6 Å². The number of nitrogens with zero attached hydrogens (tertiary/aromatic N) is 3. The van der Waals surface area contributed by atoms with E-state index in [0.29, 0.717) is 0 Å². The first-order valence-corrected chi connectivity index (χ1v) is 11.2. The number of hydrogen-bond acceptors (Lipinski definition) is 2. The molecule has 4 aromatic rings. The fourth-order valence-corrected chi connectivity index (χ4v) is 4.15. The van der Waals surface area contributed by atoms with Crippen LogP contribution < -0.4 is 0 Å². The van der Waals surface area contributed by atoms with E-state index in [1.54, 1.807) is 0 Å². The summed E-state index contributed by atoms with van der Waals surface area (Å²) in [5.74, 6) is -0.199. The zero-order chi connectivity index (χ0) is 22.3. The molecule has 1 aromatic heterocycles. The summed E-state index contributed by atoms with van der Waals surface area (Å²) in [6, 6.07) is 28.0. The van der Waals surface area contributed by atoms with E-state index in [-0.39, 0.29) is 5.82 Å². The van der Waals surface area contributed by atoms with Crippen molar-refractivity contribution in [2.75, 3.05) is 6.54 Å². The highest BCUT2D eigenvalue weighted by molar-refractivity contribution is 5.32. The Balaban J connectivity index is 1.47. The van der Waals surface area contributed by atoms with Crippen LogP contribution in [0.5, 0.6) is 0 Å². The molecule has 4 rings (SSSR count). The van der Waals surface area contributed by atoms with Gasteiger partial charge in [-0.2, -0.15) is 5.10 Å². The third-order valence-electron chi connectivity index (χ3n) is 5.95. The minimum atomic E-state index is -0.199. The van der Waals surface area contributed by atoms with Gasteiger partial charge >= 0.3 is 0 Å². The second-order valence-corrected chi connectivity index (χ2v) is 8.36. The zero-order valence-electron chi connectivity index (χ0n) is 18.8. The summed E-state index contributed by atoms with van der Waals surface area (Å²) in [5, 5.41) is 4.83. The van der Waals surface area contributed by atoms with Crippen LogP contribution in [0.15, 0.2) is 84.9 Å². The normalized spacial score (nSPS) is 11.2. The largest absolute Gasteiger partial charge is 0.293 e. The lowest BCUT2D eigenvalue weighted by atomic mass is 10.0. The van der Waals surface area contributed by atoms with E-state index in [9.17, 15) is 4.39 Å². The average molecular weight is 428 g/mol. The summed E-state index contributed by atoms with van der Waals surface area (Å²) in [6.07, 6.45) is 0.774. The van der Waals surface area contributed by atoms with Gasteiger partial charge < -0.3 is 0 Å². The summed E-state index contributed by atoms with van der Waals surface area (Å²) in [5.41, 5.74) is 7.19. The predicted octanol–water partition coefficient (Wildman–Crippen LogP) is 5.93. The molecule has 1 heterocycles. The maximum Gasteiger partial charge on any atom is 0.123 e. The standard InChI is InChI=1S/C28H30FN3/c1-22-28(19-24-13-15-27(29)16-14-24)23(2)32(30-22)18-17-31(20-25-9-5-3-6-10-25)21-26-11-7-4-8-12-26/h3-16H,17-21H2,1-2H3. The summed E-state index contributed by atoms with van der Waals surface area (Å²) in [6.45, 7) is 7.73. The monoisotopic (exact) mass is 427 g/mol. The Morgan fingerprint density at radius 1 is 0.750 bits per heavy atom. The minimum absolute atomic E-state index is 0.199. The molecule has 164 valence electrons. The first-order valence-electron chi connectivity index (χ1n) is 11.2. The van der Waals surface area contributed by atoms with Gasteiger partial charge in [-0.05, 0) is 42.7 Å². The molecule has 0 saturated heterocycles. The number of halogens is 1. The molecule has 4 heteroatoms. The predicted molar refractivity (Wildman–Crippen MR) is 128 cm³/mol. The Bertz CT molecular complexity index is 1080. The van der Waals surface area contributed by atoms with Gasteiger partial charge in [0.05, 0.1) is 12.2 Å². The molecule has 0 aliphatic heterocycles. The molecule has 0 N–H and O–H groups in total. The van der Waals surface area contributed by atoms with Crippen LogP contribution in [-0.4, -0.2) is 21.2 Å². The maximum atomic E-state index is 13.3. The van der Waals surface area contributed by atoms with Crippen molar-refractivity contribution in [1.29, 1.82) is 0 Å². The van der Waals surface area contributed by atoms with E-state index in [1.165, 1.54) is 34.5 Å². The molecular formula is C28H30FN3. The van der Waals surface area contributed by atoms with Gasteiger partial charge in [-0.15, -0.1) is 0 Å². The average Bonchev–Trinajstić information content (AvgIpc) is 3.08. The molecular weight excluding hydrogens is 397 g/mol. The number of aryl methyl sites for hydroxylation is 1. The number of hydrogen-bond donors (Lipinski definition) is 0. The maximum absolute atomic E-state index is 13.3. The molecule has 0 aliphatic rings. The van der Waals surface area contributed by atoms with Gasteiger partial charge in [0.1, 0.15) is 5.82 Å². The molecule has 0 unspecified atom stereocenters. The minimum Gasteiger partial charge on any atom is -0.293 e. The molecule has 32 heavy (non-hydrogen) atoms. The van der Waals surface area contributed by atoms with Gasteiger partial charge in [0, 0.05) is 37.3 Å². The van der Waals surface area contributed by atoms with E-state index in [0.717, 1.165) is 43.9 Å². The van der Waals surface area contributed by atoms with Crippen LogP contribution in [0.4, 0.5) is 4.39 Å². The highest BCUT2D eigenvalue weighted by Crippen LogP contribution is 2.19. The Kier molecular flexibility index (Phi) is 7.13. The molecule has 3 aromatic carbocycles. The van der Waals surface area contributed by atoms with E-state index >= 15 is 0 Å². The van der Waals surface area contributed by atoms with Gasteiger partial charge in [-0.25, -0.2) is 4.39 Å². The highest BCUT2D eigenvalue weighted by Gasteiger charge is 2.14. The van der Waals surface area contributed by atoms with Gasteiger partial charge in [0.25, 0.3) is 0 Å².